The third kappa shape index (κ3) is 5.38. The fraction of sp³-hybridized carbons (Fsp3) is 0.818. The highest BCUT2D eigenvalue weighted by atomic mass is 16.5. The van der Waals surface area contributed by atoms with Crippen LogP contribution in [-0.4, -0.2) is 36.6 Å². The number of methoxy groups -OCH3 is 1. The third-order valence-corrected chi connectivity index (χ3v) is 2.36. The maximum atomic E-state index is 11.8. The van der Waals surface area contributed by atoms with Crippen LogP contribution in [0.3, 0.4) is 0 Å². The minimum Gasteiger partial charge on any atom is -0.378 e. The Kier molecular flexibility index (Phi) is 5.95. The second-order valence-corrected chi connectivity index (χ2v) is 4.02. The standard InChI is InChI=1S/C11H20N2O2/c1-5-13(8-6-7-12)10(14)9-11(2,3)15-4/h5-6,8-9H2,1-4H3. The molecule has 0 aromatic rings. The van der Waals surface area contributed by atoms with E-state index in [1.807, 2.05) is 26.8 Å². The van der Waals surface area contributed by atoms with E-state index >= 15 is 0 Å². The van der Waals surface area contributed by atoms with Gasteiger partial charge in [0.2, 0.25) is 5.91 Å². The summed E-state index contributed by atoms with van der Waals surface area (Å²) >= 11 is 0. The minimum absolute atomic E-state index is 0.0413. The van der Waals surface area contributed by atoms with Crippen LogP contribution < -0.4 is 0 Å². The summed E-state index contributed by atoms with van der Waals surface area (Å²) in [6.45, 7) is 6.81. The molecule has 0 N–H and O–H groups in total. The van der Waals surface area contributed by atoms with Gasteiger partial charge >= 0.3 is 0 Å². The molecule has 0 aliphatic rings. The van der Waals surface area contributed by atoms with Gasteiger partial charge in [-0.25, -0.2) is 0 Å². The van der Waals surface area contributed by atoms with Crippen LogP contribution in [0.1, 0.15) is 33.6 Å². The molecule has 1 amide bonds. The highest BCUT2D eigenvalue weighted by molar-refractivity contribution is 5.77. The molecule has 0 fully saturated rings. The van der Waals surface area contributed by atoms with Crippen LogP contribution in [0.25, 0.3) is 0 Å². The molecule has 0 rings (SSSR count). The molecular weight excluding hydrogens is 192 g/mol. The average molecular weight is 212 g/mol. The Morgan fingerprint density at radius 2 is 2.13 bits per heavy atom. The molecule has 0 atom stereocenters. The summed E-state index contributed by atoms with van der Waals surface area (Å²) in [5, 5.41) is 8.46. The zero-order chi connectivity index (χ0) is 11.9. The highest BCUT2D eigenvalue weighted by Crippen LogP contribution is 2.14. The van der Waals surface area contributed by atoms with Crippen molar-refractivity contribution in [3.05, 3.63) is 0 Å². The van der Waals surface area contributed by atoms with Gasteiger partial charge in [-0.2, -0.15) is 5.26 Å². The van der Waals surface area contributed by atoms with Crippen molar-refractivity contribution in [2.45, 2.75) is 39.2 Å². The molecule has 0 saturated carbocycles. The zero-order valence-electron chi connectivity index (χ0n) is 10.0. The topological polar surface area (TPSA) is 53.3 Å². The van der Waals surface area contributed by atoms with Crippen LogP contribution in [-0.2, 0) is 9.53 Å². The molecule has 0 aromatic carbocycles. The summed E-state index contributed by atoms with van der Waals surface area (Å²) in [6, 6.07) is 2.04. The summed E-state index contributed by atoms with van der Waals surface area (Å²) in [5.74, 6) is 0.0413. The van der Waals surface area contributed by atoms with E-state index in [1.165, 1.54) is 0 Å². The molecule has 0 spiro atoms. The van der Waals surface area contributed by atoms with Gasteiger partial charge in [0, 0.05) is 20.2 Å². The summed E-state index contributed by atoms with van der Waals surface area (Å²) in [4.78, 5) is 13.5. The molecule has 0 saturated heterocycles. The number of carbonyl (C=O) groups excluding carboxylic acids is 1. The van der Waals surface area contributed by atoms with Crippen LogP contribution >= 0.6 is 0 Å². The summed E-state index contributed by atoms with van der Waals surface area (Å²) < 4.78 is 5.19. The van der Waals surface area contributed by atoms with E-state index in [2.05, 4.69) is 0 Å². The first kappa shape index (κ1) is 13.9. The third-order valence-electron chi connectivity index (χ3n) is 2.36. The Morgan fingerprint density at radius 1 is 1.53 bits per heavy atom. The summed E-state index contributed by atoms with van der Waals surface area (Å²) in [6.07, 6.45) is 0.732. The first-order valence-corrected chi connectivity index (χ1v) is 5.16. The maximum Gasteiger partial charge on any atom is 0.225 e. The number of ether oxygens (including phenoxy) is 1. The lowest BCUT2D eigenvalue weighted by molar-refractivity contribution is -0.136. The Labute approximate surface area is 91.8 Å². The number of rotatable bonds is 6. The van der Waals surface area contributed by atoms with Crippen molar-refractivity contribution in [2.24, 2.45) is 0 Å². The van der Waals surface area contributed by atoms with E-state index < -0.39 is 5.60 Å². The Balaban J connectivity index is 4.22. The van der Waals surface area contributed by atoms with Crippen LogP contribution in [0.15, 0.2) is 0 Å². The molecule has 4 heteroatoms. The van der Waals surface area contributed by atoms with Crippen LogP contribution in [0.2, 0.25) is 0 Å². The summed E-state index contributed by atoms with van der Waals surface area (Å²) in [7, 11) is 1.60. The number of nitrogens with zero attached hydrogens (tertiary/aromatic N) is 2. The number of nitriles is 1. The fourth-order valence-corrected chi connectivity index (χ4v) is 1.19. The average Bonchev–Trinajstić information content (AvgIpc) is 2.18. The van der Waals surface area contributed by atoms with Crippen LogP contribution in [0.4, 0.5) is 0 Å². The molecule has 0 bridgehead atoms. The quantitative estimate of drug-likeness (QED) is 0.671. The van der Waals surface area contributed by atoms with Crippen molar-refractivity contribution >= 4 is 5.91 Å². The normalized spacial score (nSPS) is 10.9. The van der Waals surface area contributed by atoms with Gasteiger partial charge in [-0.15, -0.1) is 0 Å². The van der Waals surface area contributed by atoms with Gasteiger partial charge in [0.25, 0.3) is 0 Å². The molecule has 86 valence electrons. The smallest absolute Gasteiger partial charge is 0.225 e. The largest absolute Gasteiger partial charge is 0.378 e. The monoisotopic (exact) mass is 212 g/mol. The minimum atomic E-state index is -0.433. The van der Waals surface area contributed by atoms with Gasteiger partial charge in [0.1, 0.15) is 0 Å². The second kappa shape index (κ2) is 6.41. The van der Waals surface area contributed by atoms with Crippen molar-refractivity contribution in [3.8, 4) is 6.07 Å². The molecule has 0 radical (unpaired) electrons. The molecule has 0 unspecified atom stereocenters. The lowest BCUT2D eigenvalue weighted by Crippen LogP contribution is -2.37. The van der Waals surface area contributed by atoms with Crippen LogP contribution in [0, 0.1) is 11.3 Å². The molecular formula is C11H20N2O2. The number of amides is 1. The molecule has 0 heterocycles. The fourth-order valence-electron chi connectivity index (χ4n) is 1.19. The van der Waals surface area contributed by atoms with E-state index in [4.69, 9.17) is 10.00 Å². The van der Waals surface area contributed by atoms with Gasteiger partial charge in [0.15, 0.2) is 0 Å². The lowest BCUT2D eigenvalue weighted by atomic mass is 10.0. The predicted molar refractivity (Wildman–Crippen MR) is 58.2 cm³/mol. The lowest BCUT2D eigenvalue weighted by Gasteiger charge is -2.26. The molecule has 0 aromatic heterocycles. The summed E-state index contributed by atoms with van der Waals surface area (Å²) in [5.41, 5.74) is -0.433. The predicted octanol–water partition coefficient (Wildman–Crippen LogP) is 1.56. The van der Waals surface area contributed by atoms with Gasteiger partial charge < -0.3 is 9.64 Å². The molecule has 15 heavy (non-hydrogen) atoms. The van der Waals surface area contributed by atoms with Gasteiger partial charge in [-0.3, -0.25) is 4.79 Å². The van der Waals surface area contributed by atoms with E-state index in [0.717, 1.165) is 0 Å². The van der Waals surface area contributed by atoms with Crippen molar-refractivity contribution in [2.75, 3.05) is 20.2 Å². The second-order valence-electron chi connectivity index (χ2n) is 4.02. The number of hydrogen-bond donors (Lipinski definition) is 0. The first-order chi connectivity index (χ1) is 6.96. The van der Waals surface area contributed by atoms with E-state index in [0.29, 0.717) is 25.9 Å². The van der Waals surface area contributed by atoms with Gasteiger partial charge in [0.05, 0.1) is 24.5 Å². The maximum absolute atomic E-state index is 11.8. The zero-order valence-corrected chi connectivity index (χ0v) is 10.0. The number of carbonyl (C=O) groups is 1. The molecule has 0 aliphatic heterocycles. The Hall–Kier alpha value is -1.08. The van der Waals surface area contributed by atoms with Crippen molar-refractivity contribution < 1.29 is 9.53 Å². The van der Waals surface area contributed by atoms with Crippen molar-refractivity contribution in [1.82, 2.24) is 4.90 Å². The Bertz CT molecular complexity index is 243. The highest BCUT2D eigenvalue weighted by Gasteiger charge is 2.23. The van der Waals surface area contributed by atoms with Crippen molar-refractivity contribution in [1.29, 1.82) is 5.26 Å². The first-order valence-electron chi connectivity index (χ1n) is 5.16. The molecule has 0 aliphatic carbocycles. The molecule has 4 nitrogen and oxygen atoms in total. The van der Waals surface area contributed by atoms with Gasteiger partial charge in [-0.1, -0.05) is 0 Å². The Morgan fingerprint density at radius 3 is 2.53 bits per heavy atom. The van der Waals surface area contributed by atoms with Crippen LogP contribution in [0.5, 0.6) is 0 Å². The van der Waals surface area contributed by atoms with E-state index in [9.17, 15) is 4.79 Å². The van der Waals surface area contributed by atoms with E-state index in [-0.39, 0.29) is 5.91 Å². The van der Waals surface area contributed by atoms with Gasteiger partial charge in [-0.05, 0) is 20.8 Å². The van der Waals surface area contributed by atoms with E-state index in [1.54, 1.807) is 12.0 Å². The SMILES string of the molecule is CCN(CCC#N)C(=O)CC(C)(C)OC. The number of hydrogen-bond acceptors (Lipinski definition) is 3. The van der Waals surface area contributed by atoms with Crippen molar-refractivity contribution in [3.63, 3.8) is 0 Å².